The van der Waals surface area contributed by atoms with E-state index >= 15 is 0 Å². The number of para-hydroxylation sites is 1. The number of fused-ring (bicyclic) bond motifs is 1. The molecule has 0 amide bonds. The third-order valence-corrected chi connectivity index (χ3v) is 4.95. The minimum atomic E-state index is 0.697. The predicted octanol–water partition coefficient (Wildman–Crippen LogP) is 2.87. The Hall–Kier alpha value is -0.970. The van der Waals surface area contributed by atoms with Crippen LogP contribution in [0, 0.1) is 0 Å². The highest BCUT2D eigenvalue weighted by Crippen LogP contribution is 2.21. The maximum Gasteiger partial charge on any atom is 0.108 e. The normalized spacial score (nSPS) is 21.0. The lowest BCUT2D eigenvalue weighted by molar-refractivity contribution is 0.181. The number of rotatable bonds is 4. The highest BCUT2D eigenvalue weighted by atomic mass is 32.1. The number of thiazole rings is 1. The quantitative estimate of drug-likeness (QED) is 0.930. The van der Waals surface area contributed by atoms with Crippen LogP contribution < -0.4 is 5.32 Å². The van der Waals surface area contributed by atoms with Crippen molar-refractivity contribution in [1.29, 1.82) is 0 Å². The van der Waals surface area contributed by atoms with Gasteiger partial charge in [0, 0.05) is 19.1 Å². The Bertz CT molecular complexity index is 504. The van der Waals surface area contributed by atoms with Gasteiger partial charge in [0.15, 0.2) is 0 Å². The molecule has 1 saturated heterocycles. The molecule has 1 aromatic heterocycles. The van der Waals surface area contributed by atoms with Gasteiger partial charge in [-0.1, -0.05) is 18.6 Å². The first-order chi connectivity index (χ1) is 9.33. The summed E-state index contributed by atoms with van der Waals surface area (Å²) in [7, 11) is 2.24. The van der Waals surface area contributed by atoms with Crippen molar-refractivity contribution in [3.63, 3.8) is 0 Å². The minimum Gasteiger partial charge on any atom is -0.309 e. The molecule has 2 heterocycles. The lowest BCUT2D eigenvalue weighted by atomic mass is 10.0. The molecule has 19 heavy (non-hydrogen) atoms. The van der Waals surface area contributed by atoms with Gasteiger partial charge in [-0.15, -0.1) is 11.3 Å². The first-order valence-electron chi connectivity index (χ1n) is 7.08. The smallest absolute Gasteiger partial charge is 0.108 e. The molecule has 102 valence electrons. The Morgan fingerprint density at radius 3 is 3.11 bits per heavy atom. The molecule has 0 radical (unpaired) electrons. The molecule has 0 spiro atoms. The fraction of sp³-hybridized carbons (Fsp3) is 0.533. The van der Waals surface area contributed by atoms with Crippen LogP contribution in [0.15, 0.2) is 24.3 Å². The van der Waals surface area contributed by atoms with E-state index in [-0.39, 0.29) is 0 Å². The Morgan fingerprint density at radius 1 is 1.37 bits per heavy atom. The fourth-order valence-corrected chi connectivity index (χ4v) is 3.68. The van der Waals surface area contributed by atoms with Crippen molar-refractivity contribution in [3.8, 4) is 0 Å². The van der Waals surface area contributed by atoms with Crippen LogP contribution >= 0.6 is 11.3 Å². The SMILES string of the molecule is CN1CCCCC1CNCc1nc2ccccc2s1. The fourth-order valence-electron chi connectivity index (χ4n) is 2.74. The Morgan fingerprint density at radius 2 is 2.26 bits per heavy atom. The summed E-state index contributed by atoms with van der Waals surface area (Å²) in [6, 6.07) is 9.06. The zero-order valence-electron chi connectivity index (χ0n) is 11.4. The zero-order chi connectivity index (χ0) is 13.1. The number of benzene rings is 1. The highest BCUT2D eigenvalue weighted by Gasteiger charge is 2.18. The summed E-state index contributed by atoms with van der Waals surface area (Å²) in [6.07, 6.45) is 4.05. The standard InChI is InChI=1S/C15H21N3S/c1-18-9-5-4-6-12(18)10-16-11-15-17-13-7-2-3-8-14(13)19-15/h2-3,7-8,12,16H,4-6,9-11H2,1H3. The van der Waals surface area contributed by atoms with Gasteiger partial charge >= 0.3 is 0 Å². The summed E-state index contributed by atoms with van der Waals surface area (Å²) in [4.78, 5) is 7.14. The summed E-state index contributed by atoms with van der Waals surface area (Å²) >= 11 is 1.80. The van der Waals surface area contributed by atoms with Gasteiger partial charge in [-0.3, -0.25) is 0 Å². The van der Waals surface area contributed by atoms with E-state index in [2.05, 4.69) is 46.5 Å². The molecule has 1 N–H and O–H groups in total. The summed E-state index contributed by atoms with van der Waals surface area (Å²) < 4.78 is 1.29. The molecule has 1 aliphatic heterocycles. The second kappa shape index (κ2) is 5.99. The number of aromatic nitrogens is 1. The van der Waals surface area contributed by atoms with Crippen molar-refractivity contribution in [3.05, 3.63) is 29.3 Å². The van der Waals surface area contributed by atoms with Gasteiger partial charge < -0.3 is 10.2 Å². The van der Waals surface area contributed by atoms with E-state index in [9.17, 15) is 0 Å². The van der Waals surface area contributed by atoms with Gasteiger partial charge in [0.05, 0.1) is 10.2 Å². The highest BCUT2D eigenvalue weighted by molar-refractivity contribution is 7.18. The van der Waals surface area contributed by atoms with Gasteiger partial charge in [-0.25, -0.2) is 4.98 Å². The summed E-state index contributed by atoms with van der Waals surface area (Å²) in [5.74, 6) is 0. The maximum absolute atomic E-state index is 4.66. The van der Waals surface area contributed by atoms with Crippen molar-refractivity contribution >= 4 is 21.6 Å². The number of nitrogens with one attached hydrogen (secondary N) is 1. The van der Waals surface area contributed by atoms with Crippen LogP contribution in [0.4, 0.5) is 0 Å². The molecule has 0 saturated carbocycles. The van der Waals surface area contributed by atoms with Gasteiger partial charge in [0.2, 0.25) is 0 Å². The van der Waals surface area contributed by atoms with E-state index in [4.69, 9.17) is 0 Å². The van der Waals surface area contributed by atoms with E-state index in [0.717, 1.165) is 18.6 Å². The molecule has 3 nitrogen and oxygen atoms in total. The van der Waals surface area contributed by atoms with Crippen molar-refractivity contribution in [2.45, 2.75) is 31.8 Å². The van der Waals surface area contributed by atoms with E-state index in [1.54, 1.807) is 11.3 Å². The number of likely N-dealkylation sites (tertiary alicyclic amines) is 1. The molecule has 1 aliphatic rings. The van der Waals surface area contributed by atoms with Gasteiger partial charge in [0.25, 0.3) is 0 Å². The monoisotopic (exact) mass is 275 g/mol. The molecule has 2 aromatic rings. The van der Waals surface area contributed by atoms with E-state index in [0.29, 0.717) is 6.04 Å². The molecular weight excluding hydrogens is 254 g/mol. The average Bonchev–Trinajstić information content (AvgIpc) is 2.83. The van der Waals surface area contributed by atoms with Crippen LogP contribution in [-0.2, 0) is 6.54 Å². The van der Waals surface area contributed by atoms with Crippen LogP contribution in [0.25, 0.3) is 10.2 Å². The topological polar surface area (TPSA) is 28.2 Å². The first-order valence-corrected chi connectivity index (χ1v) is 7.90. The molecule has 3 rings (SSSR count). The van der Waals surface area contributed by atoms with Crippen molar-refractivity contribution in [1.82, 2.24) is 15.2 Å². The molecule has 1 fully saturated rings. The molecule has 0 aliphatic carbocycles. The molecule has 1 aromatic carbocycles. The maximum atomic E-state index is 4.66. The van der Waals surface area contributed by atoms with Crippen LogP contribution in [-0.4, -0.2) is 36.1 Å². The number of piperidine rings is 1. The van der Waals surface area contributed by atoms with Crippen LogP contribution in [0.2, 0.25) is 0 Å². The Balaban J connectivity index is 1.54. The average molecular weight is 275 g/mol. The second-order valence-corrected chi connectivity index (χ2v) is 6.45. The molecule has 0 bridgehead atoms. The zero-order valence-corrected chi connectivity index (χ0v) is 12.2. The summed E-state index contributed by atoms with van der Waals surface area (Å²) in [5, 5.41) is 4.76. The minimum absolute atomic E-state index is 0.697. The second-order valence-electron chi connectivity index (χ2n) is 5.34. The number of likely N-dealkylation sites (N-methyl/N-ethyl adjacent to an activating group) is 1. The molecule has 4 heteroatoms. The van der Waals surface area contributed by atoms with Crippen molar-refractivity contribution < 1.29 is 0 Å². The van der Waals surface area contributed by atoms with Gasteiger partial charge in [0.1, 0.15) is 5.01 Å². The lowest BCUT2D eigenvalue weighted by Crippen LogP contribution is -2.42. The molecule has 1 atom stereocenters. The van der Waals surface area contributed by atoms with Crippen molar-refractivity contribution in [2.75, 3.05) is 20.1 Å². The van der Waals surface area contributed by atoms with E-state index < -0.39 is 0 Å². The molecular formula is C15H21N3S. The first kappa shape index (κ1) is 13.0. The van der Waals surface area contributed by atoms with Gasteiger partial charge in [-0.05, 0) is 38.6 Å². The van der Waals surface area contributed by atoms with Crippen LogP contribution in [0.1, 0.15) is 24.3 Å². The largest absolute Gasteiger partial charge is 0.309 e. The molecule has 1 unspecified atom stereocenters. The number of hydrogen-bond acceptors (Lipinski definition) is 4. The van der Waals surface area contributed by atoms with E-state index in [1.807, 2.05) is 0 Å². The van der Waals surface area contributed by atoms with E-state index in [1.165, 1.54) is 35.5 Å². The summed E-state index contributed by atoms with van der Waals surface area (Å²) in [5.41, 5.74) is 1.12. The van der Waals surface area contributed by atoms with Crippen LogP contribution in [0.5, 0.6) is 0 Å². The van der Waals surface area contributed by atoms with Crippen LogP contribution in [0.3, 0.4) is 0 Å². The number of hydrogen-bond donors (Lipinski definition) is 1. The van der Waals surface area contributed by atoms with Crippen molar-refractivity contribution in [2.24, 2.45) is 0 Å². The van der Waals surface area contributed by atoms with Gasteiger partial charge in [-0.2, -0.15) is 0 Å². The Labute approximate surface area is 118 Å². The number of nitrogens with zero attached hydrogens (tertiary/aromatic N) is 2. The lowest BCUT2D eigenvalue weighted by Gasteiger charge is -2.32. The Kier molecular flexibility index (Phi) is 4.11. The predicted molar refractivity (Wildman–Crippen MR) is 81.6 cm³/mol. The third kappa shape index (κ3) is 3.14. The summed E-state index contributed by atoms with van der Waals surface area (Å²) in [6.45, 7) is 3.21. The third-order valence-electron chi connectivity index (χ3n) is 3.92.